The van der Waals surface area contributed by atoms with E-state index in [-0.39, 0.29) is 0 Å². The highest BCUT2D eigenvalue weighted by molar-refractivity contribution is 7.11. The monoisotopic (exact) mass is 322 g/mol. The van der Waals surface area contributed by atoms with Gasteiger partial charge in [-0.25, -0.2) is 9.98 Å². The molecule has 2 N–H and O–H groups in total. The van der Waals surface area contributed by atoms with Crippen LogP contribution in [0, 0.1) is 13.8 Å². The fraction of sp³-hybridized carbons (Fsp3) is 0.467. The minimum atomic E-state index is 0.720. The third-order valence-corrected chi connectivity index (χ3v) is 4.85. The highest BCUT2D eigenvalue weighted by Gasteiger charge is 2.05. The van der Waals surface area contributed by atoms with Gasteiger partial charge < -0.3 is 10.6 Å². The molecule has 0 amide bonds. The number of hydrogen-bond donors (Lipinski definition) is 2. The molecule has 4 nitrogen and oxygen atoms in total. The molecule has 21 heavy (non-hydrogen) atoms. The van der Waals surface area contributed by atoms with E-state index in [0.29, 0.717) is 0 Å². The summed E-state index contributed by atoms with van der Waals surface area (Å²) < 4.78 is 0. The number of aryl methyl sites for hydroxylation is 2. The predicted octanol–water partition coefficient (Wildman–Crippen LogP) is 3.12. The van der Waals surface area contributed by atoms with Crippen LogP contribution in [0.25, 0.3) is 0 Å². The Balaban J connectivity index is 1.85. The van der Waals surface area contributed by atoms with E-state index >= 15 is 0 Å². The number of rotatable bonds is 6. The number of nitrogens with zero attached hydrogens (tertiary/aromatic N) is 2. The molecular weight excluding hydrogens is 300 g/mol. The molecule has 0 unspecified atom stereocenters. The molecule has 6 heteroatoms. The average Bonchev–Trinajstić information content (AvgIpc) is 3.06. The normalized spacial score (nSPS) is 11.7. The third kappa shape index (κ3) is 5.13. The maximum absolute atomic E-state index is 4.60. The van der Waals surface area contributed by atoms with Crippen molar-refractivity contribution in [3.05, 3.63) is 38.0 Å². The summed E-state index contributed by atoms with van der Waals surface area (Å²) >= 11 is 3.49. The van der Waals surface area contributed by atoms with Crippen LogP contribution < -0.4 is 10.6 Å². The average molecular weight is 323 g/mol. The summed E-state index contributed by atoms with van der Waals surface area (Å²) in [5, 5.41) is 12.0. The highest BCUT2D eigenvalue weighted by Crippen LogP contribution is 2.17. The third-order valence-electron chi connectivity index (χ3n) is 2.99. The number of thiophene rings is 1. The fourth-order valence-electron chi connectivity index (χ4n) is 1.99. The topological polar surface area (TPSA) is 49.3 Å². The Kier molecular flexibility index (Phi) is 6.20. The standard InChI is InChI=1S/C15H22N4S2/c1-4-16-15(18-9-13-6-8-20-10-13)17-7-5-14-11(2)19-12(3)21-14/h6,8,10H,4-5,7,9H2,1-3H3,(H2,16,17,18). The van der Waals surface area contributed by atoms with E-state index in [1.54, 1.807) is 22.7 Å². The van der Waals surface area contributed by atoms with Gasteiger partial charge in [0.25, 0.3) is 0 Å². The quantitative estimate of drug-likeness (QED) is 0.634. The van der Waals surface area contributed by atoms with Crippen molar-refractivity contribution in [2.24, 2.45) is 4.99 Å². The molecule has 2 aromatic heterocycles. The smallest absolute Gasteiger partial charge is 0.191 e. The Morgan fingerprint density at radius 2 is 2.19 bits per heavy atom. The molecule has 0 fully saturated rings. The van der Waals surface area contributed by atoms with Crippen molar-refractivity contribution >= 4 is 28.6 Å². The van der Waals surface area contributed by atoms with Crippen molar-refractivity contribution in [3.8, 4) is 0 Å². The molecule has 0 saturated heterocycles. The van der Waals surface area contributed by atoms with Crippen LogP contribution in [0.2, 0.25) is 0 Å². The van der Waals surface area contributed by atoms with Gasteiger partial charge in [0.2, 0.25) is 0 Å². The van der Waals surface area contributed by atoms with Crippen LogP contribution in [0.15, 0.2) is 21.8 Å². The van der Waals surface area contributed by atoms with Gasteiger partial charge in [0.15, 0.2) is 5.96 Å². The Morgan fingerprint density at radius 3 is 2.81 bits per heavy atom. The molecule has 2 aromatic rings. The second-order valence-electron chi connectivity index (χ2n) is 4.75. The van der Waals surface area contributed by atoms with Crippen molar-refractivity contribution in [3.63, 3.8) is 0 Å². The summed E-state index contributed by atoms with van der Waals surface area (Å²) in [7, 11) is 0. The maximum Gasteiger partial charge on any atom is 0.191 e. The minimum Gasteiger partial charge on any atom is -0.357 e. The highest BCUT2D eigenvalue weighted by atomic mass is 32.1. The molecule has 2 heterocycles. The van der Waals surface area contributed by atoms with Gasteiger partial charge in [0.1, 0.15) is 0 Å². The van der Waals surface area contributed by atoms with Gasteiger partial charge in [0.05, 0.1) is 17.2 Å². The number of hydrogen-bond acceptors (Lipinski definition) is 4. The lowest BCUT2D eigenvalue weighted by atomic mass is 10.3. The van der Waals surface area contributed by atoms with Crippen LogP contribution in [-0.2, 0) is 13.0 Å². The van der Waals surface area contributed by atoms with Crippen LogP contribution in [0.3, 0.4) is 0 Å². The van der Waals surface area contributed by atoms with Gasteiger partial charge in [-0.2, -0.15) is 11.3 Å². The number of nitrogens with one attached hydrogen (secondary N) is 2. The van der Waals surface area contributed by atoms with Gasteiger partial charge in [-0.1, -0.05) is 0 Å². The molecule has 0 bridgehead atoms. The fourth-order valence-corrected chi connectivity index (χ4v) is 3.59. The van der Waals surface area contributed by atoms with E-state index in [4.69, 9.17) is 0 Å². The first-order valence-corrected chi connectivity index (χ1v) is 8.91. The zero-order chi connectivity index (χ0) is 15.1. The number of aromatic nitrogens is 1. The summed E-state index contributed by atoms with van der Waals surface area (Å²) in [6.07, 6.45) is 0.986. The van der Waals surface area contributed by atoms with Gasteiger partial charge in [-0.15, -0.1) is 11.3 Å². The summed E-state index contributed by atoms with van der Waals surface area (Å²) in [6, 6.07) is 2.11. The zero-order valence-corrected chi connectivity index (χ0v) is 14.4. The predicted molar refractivity (Wildman–Crippen MR) is 92.4 cm³/mol. The van der Waals surface area contributed by atoms with Crippen LogP contribution in [0.4, 0.5) is 0 Å². The van der Waals surface area contributed by atoms with Crippen LogP contribution >= 0.6 is 22.7 Å². The second-order valence-corrected chi connectivity index (χ2v) is 6.81. The number of aliphatic imine (C=N–C) groups is 1. The van der Waals surface area contributed by atoms with Crippen LogP contribution in [-0.4, -0.2) is 24.0 Å². The summed E-state index contributed by atoms with van der Waals surface area (Å²) in [4.78, 5) is 10.4. The van der Waals surface area contributed by atoms with E-state index in [0.717, 1.165) is 42.7 Å². The molecule has 0 spiro atoms. The van der Waals surface area contributed by atoms with Gasteiger partial charge >= 0.3 is 0 Å². The Morgan fingerprint density at radius 1 is 1.33 bits per heavy atom. The Bertz CT molecular complexity index is 573. The van der Waals surface area contributed by atoms with Crippen molar-refractivity contribution in [2.75, 3.05) is 13.1 Å². The lowest BCUT2D eigenvalue weighted by Gasteiger charge is -2.10. The molecule has 0 atom stereocenters. The SMILES string of the molecule is CCNC(=NCc1ccsc1)NCCc1sc(C)nc1C. The zero-order valence-electron chi connectivity index (χ0n) is 12.8. The van der Waals surface area contributed by atoms with Crippen LogP contribution in [0.1, 0.15) is 28.1 Å². The van der Waals surface area contributed by atoms with E-state index in [1.165, 1.54) is 10.4 Å². The van der Waals surface area contributed by atoms with Crippen molar-refractivity contribution in [1.82, 2.24) is 15.6 Å². The van der Waals surface area contributed by atoms with Crippen molar-refractivity contribution in [1.29, 1.82) is 0 Å². The van der Waals surface area contributed by atoms with Crippen molar-refractivity contribution < 1.29 is 0 Å². The lowest BCUT2D eigenvalue weighted by molar-refractivity contribution is 0.802. The number of thiazole rings is 1. The van der Waals surface area contributed by atoms with Gasteiger partial charge in [-0.3, -0.25) is 0 Å². The molecule has 0 aliphatic rings. The molecule has 0 radical (unpaired) electrons. The summed E-state index contributed by atoms with van der Waals surface area (Å²) in [6.45, 7) is 8.68. The van der Waals surface area contributed by atoms with E-state index in [2.05, 4.69) is 58.2 Å². The Labute approximate surface area is 134 Å². The van der Waals surface area contributed by atoms with Gasteiger partial charge in [0, 0.05) is 24.4 Å². The van der Waals surface area contributed by atoms with Crippen LogP contribution in [0.5, 0.6) is 0 Å². The lowest BCUT2D eigenvalue weighted by Crippen LogP contribution is -2.38. The molecule has 0 aliphatic heterocycles. The van der Waals surface area contributed by atoms with Crippen molar-refractivity contribution in [2.45, 2.75) is 33.7 Å². The summed E-state index contributed by atoms with van der Waals surface area (Å²) in [5.41, 5.74) is 2.41. The van der Waals surface area contributed by atoms with E-state index in [9.17, 15) is 0 Å². The molecule has 0 aromatic carbocycles. The van der Waals surface area contributed by atoms with Gasteiger partial charge in [-0.05, 0) is 43.2 Å². The molecule has 0 saturated carbocycles. The van der Waals surface area contributed by atoms with E-state index < -0.39 is 0 Å². The minimum absolute atomic E-state index is 0.720. The Hall–Kier alpha value is -1.40. The maximum atomic E-state index is 4.60. The largest absolute Gasteiger partial charge is 0.357 e. The van der Waals surface area contributed by atoms with E-state index in [1.807, 2.05) is 0 Å². The molecule has 2 rings (SSSR count). The molecule has 114 valence electrons. The first-order chi connectivity index (χ1) is 10.2. The second kappa shape index (κ2) is 8.14. The molecule has 0 aliphatic carbocycles. The summed E-state index contributed by atoms with van der Waals surface area (Å²) in [5.74, 6) is 0.877. The molecular formula is C15H22N4S2. The first kappa shape index (κ1) is 16.0. The first-order valence-electron chi connectivity index (χ1n) is 7.15. The number of guanidine groups is 1.